The van der Waals surface area contributed by atoms with Crippen LogP contribution in [-0.2, 0) is 14.3 Å². The number of carboxylic acid groups (broad SMARTS) is 1. The first-order valence-electron chi connectivity index (χ1n) is 7.67. The number of ether oxygens (including phenoxy) is 1. The summed E-state index contributed by atoms with van der Waals surface area (Å²) >= 11 is 6.09. The third-order valence-corrected chi connectivity index (χ3v) is 4.36. The van der Waals surface area contributed by atoms with Crippen molar-refractivity contribution in [2.24, 2.45) is 5.92 Å². The fourth-order valence-corrected chi connectivity index (χ4v) is 3.13. The minimum atomic E-state index is -0.856. The average Bonchev–Trinajstić information content (AvgIpc) is 2.81. The Labute approximate surface area is 141 Å². The quantitative estimate of drug-likeness (QED) is 0.722. The van der Waals surface area contributed by atoms with Gasteiger partial charge in [0.2, 0.25) is 0 Å². The zero-order chi connectivity index (χ0) is 17.1. The number of aliphatic carboxylic acids is 1. The van der Waals surface area contributed by atoms with Crippen LogP contribution in [0.5, 0.6) is 0 Å². The number of nitrogens with zero attached hydrogens (tertiary/aromatic N) is 1. The summed E-state index contributed by atoms with van der Waals surface area (Å²) in [6.07, 6.45) is 4.67. The Bertz CT molecular complexity index is 591. The van der Waals surface area contributed by atoms with Gasteiger partial charge in [0.15, 0.2) is 12.4 Å². The van der Waals surface area contributed by atoms with Crippen LogP contribution in [0.25, 0.3) is 0 Å². The lowest BCUT2D eigenvalue weighted by molar-refractivity contribution is -0.143. The van der Waals surface area contributed by atoms with Gasteiger partial charge in [-0.15, -0.1) is 0 Å². The second-order valence-electron chi connectivity index (χ2n) is 6.40. The molecule has 0 aromatic carbocycles. The van der Waals surface area contributed by atoms with Gasteiger partial charge in [-0.3, -0.25) is 14.5 Å². The zero-order valence-electron chi connectivity index (χ0n) is 13.6. The number of hydrogen-bond acceptors (Lipinski definition) is 4. The molecule has 0 radical (unpaired) electrons. The van der Waals surface area contributed by atoms with E-state index in [1.807, 2.05) is 13.8 Å². The number of fused-ring (bicyclic) bond motifs is 1. The molecule has 0 saturated heterocycles. The summed E-state index contributed by atoms with van der Waals surface area (Å²) in [6, 6.07) is -0.599. The summed E-state index contributed by atoms with van der Waals surface area (Å²) in [5.41, 5.74) is 1.70. The van der Waals surface area contributed by atoms with Gasteiger partial charge in [-0.1, -0.05) is 25.4 Å². The van der Waals surface area contributed by atoms with E-state index in [-0.39, 0.29) is 5.92 Å². The number of rotatable bonds is 7. The van der Waals surface area contributed by atoms with Crippen molar-refractivity contribution in [3.05, 3.63) is 34.1 Å². The summed E-state index contributed by atoms with van der Waals surface area (Å²) in [7, 11) is 1.76. The molecule has 6 heteroatoms. The number of hydrogen-bond donors (Lipinski definition) is 1. The standard InChI is InChI=1S/C17H22ClNO4/c1-10(2)6-14(17(21)22)19(3)8-13-12-7-11(18)4-5-15(12)23-16(13)9-20/h4-5,9-10,14,16H,6-8H2,1-3H3,(H,21,22)/t14-,16?/m0/s1. The van der Waals surface area contributed by atoms with E-state index in [0.29, 0.717) is 30.2 Å². The van der Waals surface area contributed by atoms with Crippen LogP contribution in [0.4, 0.5) is 0 Å². The number of carbonyl (C=O) groups is 2. The molecule has 5 nitrogen and oxygen atoms in total. The maximum Gasteiger partial charge on any atom is 0.320 e. The van der Waals surface area contributed by atoms with Crippen molar-refractivity contribution in [3.63, 3.8) is 0 Å². The fraction of sp³-hybridized carbons (Fsp3) is 0.529. The van der Waals surface area contributed by atoms with Crippen molar-refractivity contribution in [1.29, 1.82) is 0 Å². The molecule has 23 heavy (non-hydrogen) atoms. The highest BCUT2D eigenvalue weighted by atomic mass is 35.5. The molecule has 0 fully saturated rings. The molecule has 2 aliphatic rings. The van der Waals surface area contributed by atoms with Gasteiger partial charge in [0.25, 0.3) is 0 Å². The summed E-state index contributed by atoms with van der Waals surface area (Å²) in [5, 5.41) is 10.1. The zero-order valence-corrected chi connectivity index (χ0v) is 14.3. The second kappa shape index (κ2) is 7.32. The number of carbonyl (C=O) groups excluding carboxylic acids is 1. The lowest BCUT2D eigenvalue weighted by Gasteiger charge is -2.27. The minimum Gasteiger partial charge on any atom is -0.480 e. The van der Waals surface area contributed by atoms with E-state index in [0.717, 1.165) is 17.4 Å². The monoisotopic (exact) mass is 339 g/mol. The van der Waals surface area contributed by atoms with Gasteiger partial charge in [-0.25, -0.2) is 0 Å². The van der Waals surface area contributed by atoms with E-state index in [4.69, 9.17) is 16.3 Å². The fourth-order valence-electron chi connectivity index (χ4n) is 2.93. The predicted molar refractivity (Wildman–Crippen MR) is 88.1 cm³/mol. The van der Waals surface area contributed by atoms with Crippen LogP contribution < -0.4 is 0 Å². The van der Waals surface area contributed by atoms with Gasteiger partial charge < -0.3 is 9.84 Å². The Balaban J connectivity index is 2.23. The van der Waals surface area contributed by atoms with Crippen LogP contribution in [0.1, 0.15) is 26.7 Å². The van der Waals surface area contributed by atoms with Gasteiger partial charge in [0.05, 0.1) is 0 Å². The maximum absolute atomic E-state index is 11.5. The molecule has 0 amide bonds. The third kappa shape index (κ3) is 4.03. The molecule has 0 bridgehead atoms. The normalized spacial score (nSPS) is 21.7. The summed E-state index contributed by atoms with van der Waals surface area (Å²) < 4.78 is 5.64. The SMILES string of the molecule is CC(C)C[C@@H](C(=O)O)N(C)CC1=C2CC(Cl)=CC=C2OC1C=O. The molecule has 0 spiro atoms. The lowest BCUT2D eigenvalue weighted by Crippen LogP contribution is -2.41. The van der Waals surface area contributed by atoms with Crippen molar-refractivity contribution in [2.45, 2.75) is 38.8 Å². The molecule has 1 aliphatic heterocycles. The highest BCUT2D eigenvalue weighted by molar-refractivity contribution is 6.30. The first kappa shape index (κ1) is 17.8. The van der Waals surface area contributed by atoms with E-state index in [1.54, 1.807) is 24.1 Å². The highest BCUT2D eigenvalue weighted by Gasteiger charge is 2.34. The van der Waals surface area contributed by atoms with Crippen molar-refractivity contribution in [1.82, 2.24) is 4.90 Å². The Morgan fingerprint density at radius 1 is 1.52 bits per heavy atom. The highest BCUT2D eigenvalue weighted by Crippen LogP contribution is 2.38. The van der Waals surface area contributed by atoms with Crippen molar-refractivity contribution < 1.29 is 19.4 Å². The van der Waals surface area contributed by atoms with Gasteiger partial charge in [0.1, 0.15) is 11.8 Å². The molecule has 1 unspecified atom stereocenters. The molecular formula is C17H22ClNO4. The molecule has 0 aromatic heterocycles. The van der Waals surface area contributed by atoms with E-state index in [9.17, 15) is 14.7 Å². The van der Waals surface area contributed by atoms with Crippen LogP contribution in [0.15, 0.2) is 34.1 Å². The smallest absolute Gasteiger partial charge is 0.320 e. The maximum atomic E-state index is 11.5. The van der Waals surface area contributed by atoms with Crippen molar-refractivity contribution >= 4 is 23.9 Å². The number of likely N-dealkylation sites (N-methyl/N-ethyl adjacent to an activating group) is 1. The first-order valence-corrected chi connectivity index (χ1v) is 8.05. The van der Waals surface area contributed by atoms with Crippen LogP contribution in [0.2, 0.25) is 0 Å². The molecular weight excluding hydrogens is 318 g/mol. The Kier molecular flexibility index (Phi) is 5.65. The van der Waals surface area contributed by atoms with E-state index >= 15 is 0 Å². The number of halogens is 1. The van der Waals surface area contributed by atoms with E-state index in [1.165, 1.54) is 0 Å². The third-order valence-electron chi connectivity index (χ3n) is 4.10. The molecule has 2 atom stereocenters. The lowest BCUT2D eigenvalue weighted by atomic mass is 9.97. The molecule has 0 saturated carbocycles. The predicted octanol–water partition coefficient (Wildman–Crippen LogP) is 2.72. The Morgan fingerprint density at radius 2 is 2.22 bits per heavy atom. The number of allylic oxidation sites excluding steroid dienone is 4. The Hall–Kier alpha value is -1.59. The van der Waals surface area contributed by atoms with Crippen LogP contribution in [0.3, 0.4) is 0 Å². The number of aldehydes is 1. The van der Waals surface area contributed by atoms with Gasteiger partial charge in [-0.2, -0.15) is 0 Å². The molecule has 126 valence electrons. The molecule has 0 aromatic rings. The second-order valence-corrected chi connectivity index (χ2v) is 6.88. The van der Waals surface area contributed by atoms with E-state index in [2.05, 4.69) is 0 Å². The average molecular weight is 340 g/mol. The first-order chi connectivity index (χ1) is 10.8. The molecule has 1 heterocycles. The van der Waals surface area contributed by atoms with Crippen molar-refractivity contribution in [3.8, 4) is 0 Å². The van der Waals surface area contributed by atoms with Gasteiger partial charge >= 0.3 is 5.97 Å². The van der Waals surface area contributed by atoms with Crippen LogP contribution in [0, 0.1) is 5.92 Å². The topological polar surface area (TPSA) is 66.8 Å². The molecule has 1 aliphatic carbocycles. The number of carboxylic acids is 1. The van der Waals surface area contributed by atoms with Crippen LogP contribution >= 0.6 is 11.6 Å². The van der Waals surface area contributed by atoms with E-state index < -0.39 is 18.1 Å². The van der Waals surface area contributed by atoms with Crippen molar-refractivity contribution in [2.75, 3.05) is 13.6 Å². The van der Waals surface area contributed by atoms with Crippen LogP contribution in [-0.4, -0.2) is 48.0 Å². The summed E-state index contributed by atoms with van der Waals surface area (Å²) in [4.78, 5) is 24.6. The largest absolute Gasteiger partial charge is 0.480 e. The molecule has 2 rings (SSSR count). The van der Waals surface area contributed by atoms with Gasteiger partial charge in [0, 0.05) is 23.6 Å². The van der Waals surface area contributed by atoms with Gasteiger partial charge in [-0.05, 0) is 37.1 Å². The summed E-state index contributed by atoms with van der Waals surface area (Å²) in [5.74, 6) is 0.0664. The summed E-state index contributed by atoms with van der Waals surface area (Å²) in [6.45, 7) is 4.35. The molecule has 1 N–H and O–H groups in total. The minimum absolute atomic E-state index is 0.264. The Morgan fingerprint density at radius 3 is 2.78 bits per heavy atom.